The maximum Gasteiger partial charge on any atom is 0.573 e. The molecule has 33 heavy (non-hydrogen) atoms. The zero-order chi connectivity index (χ0) is 24.2. The predicted molar refractivity (Wildman–Crippen MR) is 120 cm³/mol. The number of hydrogen-bond donors (Lipinski definition) is 0. The van der Waals surface area contributed by atoms with E-state index in [2.05, 4.69) is 4.74 Å². The van der Waals surface area contributed by atoms with Gasteiger partial charge in [-0.2, -0.15) is 0 Å². The minimum atomic E-state index is -4.75. The van der Waals surface area contributed by atoms with E-state index in [1.54, 1.807) is 26.0 Å². The van der Waals surface area contributed by atoms with Crippen LogP contribution in [0.15, 0.2) is 48.2 Å². The molecule has 0 bridgehead atoms. The zero-order valence-corrected chi connectivity index (χ0v) is 19.0. The third-order valence-corrected chi connectivity index (χ3v) is 5.23. The fraction of sp³-hybridized carbons (Fsp3) is 0.320. The number of alkyl halides is 3. The van der Waals surface area contributed by atoms with Crippen molar-refractivity contribution in [3.63, 3.8) is 0 Å². The van der Waals surface area contributed by atoms with Gasteiger partial charge in [0, 0.05) is 23.6 Å². The Morgan fingerprint density at radius 2 is 1.79 bits per heavy atom. The molecule has 0 aliphatic rings. The van der Waals surface area contributed by atoms with E-state index >= 15 is 0 Å². The molecule has 0 N–H and O–H groups in total. The first kappa shape index (κ1) is 24.2. The molecule has 176 valence electrons. The fourth-order valence-corrected chi connectivity index (χ4v) is 3.71. The lowest BCUT2D eigenvalue weighted by atomic mass is 10.00. The summed E-state index contributed by atoms with van der Waals surface area (Å²) in [5, 5.41) is 0.694. The average Bonchev–Trinajstić information content (AvgIpc) is 2.97. The first-order valence-corrected chi connectivity index (χ1v) is 10.6. The molecular formula is C25H26F3NO4. The highest BCUT2D eigenvalue weighted by Gasteiger charge is 2.31. The van der Waals surface area contributed by atoms with E-state index in [1.807, 2.05) is 42.8 Å². The first-order chi connectivity index (χ1) is 15.6. The molecule has 0 radical (unpaired) electrons. The lowest BCUT2D eigenvalue weighted by molar-refractivity contribution is -0.274. The Morgan fingerprint density at radius 1 is 1.06 bits per heavy atom. The molecule has 8 heteroatoms. The van der Waals surface area contributed by atoms with E-state index in [0.29, 0.717) is 18.4 Å². The van der Waals surface area contributed by atoms with Crippen molar-refractivity contribution in [3.05, 3.63) is 70.6 Å². The van der Waals surface area contributed by atoms with Gasteiger partial charge in [0.05, 0.1) is 13.2 Å². The Hall–Kier alpha value is -3.42. The quantitative estimate of drug-likeness (QED) is 0.238. The number of rotatable bonds is 8. The molecule has 0 unspecified atom stereocenters. The number of aryl methyl sites for hydroxylation is 1. The minimum Gasteiger partial charge on any atom is -0.487 e. The molecule has 1 aromatic heterocycles. The topological polar surface area (TPSA) is 49.7 Å². The number of esters is 1. The number of hydrogen-bond acceptors (Lipinski definition) is 4. The maximum atomic E-state index is 12.7. The summed E-state index contributed by atoms with van der Waals surface area (Å²) in [5.41, 5.74) is 4.34. The second-order valence-corrected chi connectivity index (χ2v) is 7.43. The highest BCUT2D eigenvalue weighted by atomic mass is 19.4. The molecule has 0 fully saturated rings. The summed E-state index contributed by atoms with van der Waals surface area (Å²) in [6, 6.07) is 11.9. The Kier molecular flexibility index (Phi) is 7.36. The molecule has 5 nitrogen and oxygen atoms in total. The van der Waals surface area contributed by atoms with Crippen LogP contribution in [-0.2, 0) is 27.7 Å². The van der Waals surface area contributed by atoms with Gasteiger partial charge in [-0.25, -0.2) is 4.79 Å². The third kappa shape index (κ3) is 5.88. The maximum absolute atomic E-state index is 12.7. The van der Waals surface area contributed by atoms with Crippen LogP contribution in [0.5, 0.6) is 5.75 Å². The molecule has 0 atom stereocenters. The molecule has 0 saturated carbocycles. The Labute approximate surface area is 190 Å². The van der Waals surface area contributed by atoms with Crippen LogP contribution in [0.4, 0.5) is 13.2 Å². The summed E-state index contributed by atoms with van der Waals surface area (Å²) >= 11 is 0. The predicted octanol–water partition coefficient (Wildman–Crippen LogP) is 5.92. The van der Waals surface area contributed by atoms with Crippen molar-refractivity contribution in [2.75, 3.05) is 13.2 Å². The molecule has 3 rings (SSSR count). The second kappa shape index (κ2) is 10.0. The highest BCUT2D eigenvalue weighted by molar-refractivity contribution is 5.91. The largest absolute Gasteiger partial charge is 0.573 e. The van der Waals surface area contributed by atoms with E-state index in [0.717, 1.165) is 27.9 Å². The second-order valence-electron chi connectivity index (χ2n) is 7.43. The van der Waals surface area contributed by atoms with Crippen molar-refractivity contribution < 1.29 is 32.2 Å². The lowest BCUT2D eigenvalue weighted by Gasteiger charge is -2.10. The summed E-state index contributed by atoms with van der Waals surface area (Å²) < 4.78 is 54.6. The van der Waals surface area contributed by atoms with Crippen molar-refractivity contribution in [3.8, 4) is 5.75 Å². The van der Waals surface area contributed by atoms with E-state index in [4.69, 9.17) is 9.47 Å². The van der Waals surface area contributed by atoms with Gasteiger partial charge >= 0.3 is 12.3 Å². The standard InChI is InChI=1S/C25H26F3NO4/c1-5-31-23(24(30)32-6-2)14-18-9-7-8-17(12-18)13-20-16(3)29(4)22-11-10-19(15-21(20)22)33-25(26,27)28/h7-12,14-15H,5-6,13H2,1-4H3/b23-14-. The Balaban J connectivity index is 1.97. The SMILES string of the molecule is CCOC(=O)/C(=C/c1cccc(Cc2c(C)n(C)c3ccc(OC(F)(F)F)cc23)c1)OCC. The Morgan fingerprint density at radius 3 is 2.45 bits per heavy atom. The minimum absolute atomic E-state index is 0.117. The summed E-state index contributed by atoms with van der Waals surface area (Å²) in [4.78, 5) is 12.1. The Bertz CT molecular complexity index is 1180. The van der Waals surface area contributed by atoms with Crippen LogP contribution < -0.4 is 4.74 Å². The van der Waals surface area contributed by atoms with Crippen molar-refractivity contribution in [1.29, 1.82) is 0 Å². The summed E-state index contributed by atoms with van der Waals surface area (Å²) in [6.45, 7) is 5.99. The molecule has 0 amide bonds. The van der Waals surface area contributed by atoms with Gasteiger partial charge in [0.1, 0.15) is 5.75 Å². The number of fused-ring (bicyclic) bond motifs is 1. The number of carbonyl (C=O) groups excluding carboxylic acids is 1. The third-order valence-electron chi connectivity index (χ3n) is 5.23. The van der Waals surface area contributed by atoms with E-state index in [9.17, 15) is 18.0 Å². The van der Waals surface area contributed by atoms with Crippen LogP contribution in [-0.4, -0.2) is 30.1 Å². The van der Waals surface area contributed by atoms with Crippen LogP contribution >= 0.6 is 0 Å². The number of halogens is 3. The van der Waals surface area contributed by atoms with Crippen LogP contribution in [0.1, 0.15) is 36.2 Å². The van der Waals surface area contributed by atoms with E-state index in [-0.39, 0.29) is 18.1 Å². The van der Waals surface area contributed by atoms with Gasteiger partial charge in [0.15, 0.2) is 0 Å². The van der Waals surface area contributed by atoms with Gasteiger partial charge in [0.25, 0.3) is 0 Å². The number of carbonyl (C=O) groups is 1. The van der Waals surface area contributed by atoms with E-state index in [1.165, 1.54) is 12.1 Å². The van der Waals surface area contributed by atoms with Crippen LogP contribution in [0, 0.1) is 6.92 Å². The summed E-state index contributed by atoms with van der Waals surface area (Å²) in [7, 11) is 1.87. The van der Waals surface area contributed by atoms with Crippen LogP contribution in [0.25, 0.3) is 17.0 Å². The molecule has 3 aromatic rings. The smallest absolute Gasteiger partial charge is 0.487 e. The van der Waals surface area contributed by atoms with Crippen molar-refractivity contribution in [2.45, 2.75) is 33.6 Å². The number of benzene rings is 2. The van der Waals surface area contributed by atoms with Crippen molar-refractivity contribution in [1.82, 2.24) is 4.57 Å². The molecule has 1 heterocycles. The average molecular weight is 461 g/mol. The van der Waals surface area contributed by atoms with E-state index < -0.39 is 12.3 Å². The highest BCUT2D eigenvalue weighted by Crippen LogP contribution is 2.32. The van der Waals surface area contributed by atoms with Gasteiger partial charge in [-0.3, -0.25) is 0 Å². The zero-order valence-electron chi connectivity index (χ0n) is 19.0. The number of aromatic nitrogens is 1. The molecular weight excluding hydrogens is 435 g/mol. The normalized spacial score (nSPS) is 12.2. The van der Waals surface area contributed by atoms with Gasteiger partial charge in [-0.05, 0) is 68.2 Å². The van der Waals surface area contributed by atoms with Gasteiger partial charge in [-0.15, -0.1) is 13.2 Å². The molecule has 0 aliphatic heterocycles. The lowest BCUT2D eigenvalue weighted by Crippen LogP contribution is -2.17. The fourth-order valence-electron chi connectivity index (χ4n) is 3.71. The van der Waals surface area contributed by atoms with Crippen molar-refractivity contribution in [2.24, 2.45) is 7.05 Å². The van der Waals surface area contributed by atoms with Crippen molar-refractivity contribution >= 4 is 22.9 Å². The van der Waals surface area contributed by atoms with Gasteiger partial charge < -0.3 is 18.8 Å². The molecule has 2 aromatic carbocycles. The summed E-state index contributed by atoms with van der Waals surface area (Å²) in [5.74, 6) is -0.673. The molecule has 0 saturated heterocycles. The summed E-state index contributed by atoms with van der Waals surface area (Å²) in [6.07, 6.45) is -2.64. The van der Waals surface area contributed by atoms with Gasteiger partial charge in [-0.1, -0.05) is 24.3 Å². The monoisotopic (exact) mass is 461 g/mol. The first-order valence-electron chi connectivity index (χ1n) is 10.6. The number of ether oxygens (including phenoxy) is 3. The number of nitrogens with zero attached hydrogens (tertiary/aromatic N) is 1. The molecule has 0 aliphatic carbocycles. The van der Waals surface area contributed by atoms with Gasteiger partial charge in [0.2, 0.25) is 5.76 Å². The molecule has 0 spiro atoms. The van der Waals surface area contributed by atoms with Crippen LogP contribution in [0.2, 0.25) is 0 Å². The van der Waals surface area contributed by atoms with Crippen LogP contribution in [0.3, 0.4) is 0 Å².